The molecule has 0 aliphatic carbocycles. The Morgan fingerprint density at radius 2 is 1.84 bits per heavy atom. The van der Waals surface area contributed by atoms with E-state index >= 15 is 0 Å². The normalized spacial score (nSPS) is 16.6. The topological polar surface area (TPSA) is 15.7 Å². The van der Waals surface area contributed by atoms with Crippen LogP contribution in [0.1, 0.15) is 12.8 Å². The number of ether oxygens (including phenoxy) is 1. The van der Waals surface area contributed by atoms with Gasteiger partial charge in [0, 0.05) is 26.2 Å². The van der Waals surface area contributed by atoms with E-state index in [1.165, 1.54) is 25.1 Å². The fourth-order valence-corrected chi connectivity index (χ4v) is 2.77. The summed E-state index contributed by atoms with van der Waals surface area (Å²) in [6.45, 7) is 5.66. The zero-order valence-electron chi connectivity index (χ0n) is 11.7. The largest absolute Gasteiger partial charge is 0.495 e. The number of para-hydroxylation sites is 2. The first-order chi connectivity index (χ1) is 9.35. The van der Waals surface area contributed by atoms with E-state index in [4.69, 9.17) is 4.74 Å². The number of benzene rings is 1. The van der Waals surface area contributed by atoms with Gasteiger partial charge in [0.25, 0.3) is 0 Å². The minimum atomic E-state index is 0.978. The summed E-state index contributed by atoms with van der Waals surface area (Å²) in [4.78, 5) is 4.98. The molecule has 1 saturated heterocycles. The van der Waals surface area contributed by atoms with Crippen LogP contribution in [-0.4, -0.2) is 50.5 Å². The molecule has 19 heavy (non-hydrogen) atoms. The van der Waals surface area contributed by atoms with Crippen molar-refractivity contribution in [2.45, 2.75) is 12.8 Å². The Morgan fingerprint density at radius 1 is 1.11 bits per heavy atom. The predicted molar refractivity (Wildman–Crippen MR) is 84.7 cm³/mol. The zero-order valence-corrected chi connectivity index (χ0v) is 12.6. The summed E-state index contributed by atoms with van der Waals surface area (Å²) in [5.74, 6) is 1.98. The lowest BCUT2D eigenvalue weighted by Crippen LogP contribution is -2.46. The zero-order chi connectivity index (χ0) is 13.5. The first-order valence-electron chi connectivity index (χ1n) is 7.06. The van der Waals surface area contributed by atoms with Crippen LogP contribution in [0.3, 0.4) is 0 Å². The molecule has 1 heterocycles. The monoisotopic (exact) mass is 280 g/mol. The molecule has 0 spiro atoms. The third kappa shape index (κ3) is 4.05. The van der Waals surface area contributed by atoms with Gasteiger partial charge in [0.05, 0.1) is 12.8 Å². The van der Waals surface area contributed by atoms with E-state index in [1.807, 2.05) is 12.1 Å². The van der Waals surface area contributed by atoms with Gasteiger partial charge in [0.1, 0.15) is 5.75 Å². The van der Waals surface area contributed by atoms with Gasteiger partial charge in [-0.1, -0.05) is 12.1 Å². The Labute approximate surface area is 121 Å². The number of hydrogen-bond acceptors (Lipinski definition) is 4. The molecule has 1 fully saturated rings. The highest BCUT2D eigenvalue weighted by molar-refractivity contribution is 7.80. The number of hydrogen-bond donors (Lipinski definition) is 1. The molecule has 0 saturated carbocycles. The predicted octanol–water partition coefficient (Wildman–Crippen LogP) is 2.53. The molecule has 1 aromatic rings. The number of nitrogens with zero attached hydrogens (tertiary/aromatic N) is 2. The minimum absolute atomic E-state index is 0.978. The maximum Gasteiger partial charge on any atom is 0.142 e. The minimum Gasteiger partial charge on any atom is -0.495 e. The second-order valence-corrected chi connectivity index (χ2v) is 5.38. The van der Waals surface area contributed by atoms with Gasteiger partial charge in [0.15, 0.2) is 0 Å². The highest BCUT2D eigenvalue weighted by Crippen LogP contribution is 2.28. The van der Waals surface area contributed by atoms with Gasteiger partial charge in [0.2, 0.25) is 0 Å². The highest BCUT2D eigenvalue weighted by atomic mass is 32.1. The molecule has 106 valence electrons. The van der Waals surface area contributed by atoms with Gasteiger partial charge in [-0.05, 0) is 37.3 Å². The molecule has 0 aromatic heterocycles. The molecule has 0 radical (unpaired) electrons. The summed E-state index contributed by atoms with van der Waals surface area (Å²) < 4.78 is 5.44. The summed E-state index contributed by atoms with van der Waals surface area (Å²) in [5.41, 5.74) is 1.22. The fraction of sp³-hybridized carbons (Fsp3) is 0.600. The molecular weight excluding hydrogens is 256 g/mol. The average molecular weight is 280 g/mol. The van der Waals surface area contributed by atoms with Crippen molar-refractivity contribution in [3.8, 4) is 5.75 Å². The molecule has 0 atom stereocenters. The second kappa shape index (κ2) is 7.65. The van der Waals surface area contributed by atoms with Crippen LogP contribution >= 0.6 is 12.6 Å². The van der Waals surface area contributed by atoms with Gasteiger partial charge >= 0.3 is 0 Å². The molecule has 3 nitrogen and oxygen atoms in total. The van der Waals surface area contributed by atoms with E-state index in [2.05, 4.69) is 34.6 Å². The molecule has 2 rings (SSSR count). The van der Waals surface area contributed by atoms with Crippen LogP contribution < -0.4 is 9.64 Å². The first-order valence-corrected chi connectivity index (χ1v) is 7.69. The van der Waals surface area contributed by atoms with E-state index in [-0.39, 0.29) is 0 Å². The molecule has 1 aliphatic heterocycles. The van der Waals surface area contributed by atoms with Crippen LogP contribution in [0.25, 0.3) is 0 Å². The van der Waals surface area contributed by atoms with E-state index < -0.39 is 0 Å². The second-order valence-electron chi connectivity index (χ2n) is 4.93. The molecule has 0 bridgehead atoms. The summed E-state index contributed by atoms with van der Waals surface area (Å²) in [5, 5.41) is 0. The number of rotatable bonds is 6. The summed E-state index contributed by atoms with van der Waals surface area (Å²) in [6.07, 6.45) is 2.48. The number of piperazine rings is 1. The van der Waals surface area contributed by atoms with Crippen molar-refractivity contribution in [3.63, 3.8) is 0 Å². The van der Waals surface area contributed by atoms with Crippen LogP contribution in [0.4, 0.5) is 5.69 Å². The van der Waals surface area contributed by atoms with Crippen molar-refractivity contribution in [1.82, 2.24) is 4.90 Å². The maximum atomic E-state index is 5.44. The van der Waals surface area contributed by atoms with Crippen molar-refractivity contribution < 1.29 is 4.74 Å². The van der Waals surface area contributed by atoms with Crippen LogP contribution in [0.15, 0.2) is 24.3 Å². The highest BCUT2D eigenvalue weighted by Gasteiger charge is 2.18. The molecule has 1 aliphatic rings. The molecule has 0 amide bonds. The number of thiol groups is 1. The molecule has 0 N–H and O–H groups in total. The Bertz CT molecular complexity index is 378. The Hall–Kier alpha value is -0.870. The van der Waals surface area contributed by atoms with Crippen LogP contribution in [0.2, 0.25) is 0 Å². The Balaban J connectivity index is 1.85. The Morgan fingerprint density at radius 3 is 2.53 bits per heavy atom. The number of anilines is 1. The van der Waals surface area contributed by atoms with E-state index in [0.717, 1.165) is 37.7 Å². The summed E-state index contributed by atoms with van der Waals surface area (Å²) >= 11 is 4.26. The fourth-order valence-electron chi connectivity index (χ4n) is 2.55. The maximum absolute atomic E-state index is 5.44. The van der Waals surface area contributed by atoms with E-state index in [0.29, 0.717) is 0 Å². The van der Waals surface area contributed by atoms with E-state index in [1.54, 1.807) is 7.11 Å². The van der Waals surface area contributed by atoms with Crippen LogP contribution in [0.5, 0.6) is 5.75 Å². The lowest BCUT2D eigenvalue weighted by molar-refractivity contribution is 0.253. The third-order valence-corrected chi connectivity index (χ3v) is 4.00. The van der Waals surface area contributed by atoms with Gasteiger partial charge in [-0.25, -0.2) is 0 Å². The summed E-state index contributed by atoms with van der Waals surface area (Å²) in [7, 11) is 1.74. The smallest absolute Gasteiger partial charge is 0.142 e. The van der Waals surface area contributed by atoms with Crippen LogP contribution in [0, 0.1) is 0 Å². The quantitative estimate of drug-likeness (QED) is 0.637. The third-order valence-electron chi connectivity index (χ3n) is 3.68. The van der Waals surface area contributed by atoms with Crippen molar-refractivity contribution in [3.05, 3.63) is 24.3 Å². The van der Waals surface area contributed by atoms with Crippen molar-refractivity contribution in [2.75, 3.05) is 50.5 Å². The SMILES string of the molecule is COc1ccccc1N1CCN(CCCCS)CC1. The Kier molecular flexibility index (Phi) is 5.86. The van der Waals surface area contributed by atoms with Crippen molar-refractivity contribution >= 4 is 18.3 Å². The molecular formula is C15H24N2OS. The standard InChI is InChI=1S/C15H24N2OS/c1-18-15-7-3-2-6-14(15)17-11-9-16(10-12-17)8-4-5-13-19/h2-3,6-7,19H,4-5,8-13H2,1H3. The molecule has 1 aromatic carbocycles. The van der Waals surface area contributed by atoms with Gasteiger partial charge in [-0.2, -0.15) is 12.6 Å². The van der Waals surface area contributed by atoms with Crippen molar-refractivity contribution in [1.29, 1.82) is 0 Å². The average Bonchev–Trinajstić information content (AvgIpc) is 2.48. The number of methoxy groups -OCH3 is 1. The van der Waals surface area contributed by atoms with E-state index in [9.17, 15) is 0 Å². The van der Waals surface area contributed by atoms with Crippen LogP contribution in [-0.2, 0) is 0 Å². The lowest BCUT2D eigenvalue weighted by Gasteiger charge is -2.36. The first kappa shape index (κ1) is 14.5. The lowest BCUT2D eigenvalue weighted by atomic mass is 10.2. The van der Waals surface area contributed by atoms with Gasteiger partial charge in [-0.3, -0.25) is 4.90 Å². The van der Waals surface area contributed by atoms with Gasteiger partial charge < -0.3 is 9.64 Å². The molecule has 0 unspecified atom stereocenters. The molecule has 4 heteroatoms. The number of unbranched alkanes of at least 4 members (excludes halogenated alkanes) is 1. The van der Waals surface area contributed by atoms with Crippen molar-refractivity contribution in [2.24, 2.45) is 0 Å². The van der Waals surface area contributed by atoms with Gasteiger partial charge in [-0.15, -0.1) is 0 Å². The summed E-state index contributed by atoms with van der Waals surface area (Å²) in [6, 6.07) is 8.29.